The standard InChI is InChI=1S/C21H18O7/c1-26-12-7-8-15(19(9-12)27-2)18(23)11-28-21(25)16-10-17(22)13-5-3-4-6-14(13)20(16)24/h3-10,22,24H,11H2,1-2H3. The molecule has 3 aromatic carbocycles. The van der Waals surface area contributed by atoms with Gasteiger partial charge in [0, 0.05) is 16.8 Å². The first-order valence-corrected chi connectivity index (χ1v) is 8.32. The predicted octanol–water partition coefficient (Wildman–Crippen LogP) is 3.31. The molecule has 0 aliphatic heterocycles. The number of methoxy groups -OCH3 is 2. The number of phenols is 2. The maximum absolute atomic E-state index is 12.4. The Labute approximate surface area is 160 Å². The Balaban J connectivity index is 1.80. The second kappa shape index (κ2) is 7.87. The molecular formula is C21H18O7. The topological polar surface area (TPSA) is 102 Å². The van der Waals surface area contributed by atoms with E-state index >= 15 is 0 Å². The van der Waals surface area contributed by atoms with Crippen molar-refractivity contribution in [3.8, 4) is 23.0 Å². The normalized spacial score (nSPS) is 10.5. The third-order valence-corrected chi connectivity index (χ3v) is 4.26. The zero-order valence-electron chi connectivity index (χ0n) is 15.3. The number of benzene rings is 3. The van der Waals surface area contributed by atoms with Gasteiger partial charge >= 0.3 is 5.97 Å². The summed E-state index contributed by atoms with van der Waals surface area (Å²) in [6, 6.07) is 12.3. The van der Waals surface area contributed by atoms with Gasteiger partial charge in [0.05, 0.1) is 19.8 Å². The molecule has 0 spiro atoms. The van der Waals surface area contributed by atoms with Crippen molar-refractivity contribution in [1.29, 1.82) is 0 Å². The molecule has 3 aromatic rings. The molecule has 0 amide bonds. The molecule has 0 bridgehead atoms. The third kappa shape index (κ3) is 3.55. The van der Waals surface area contributed by atoms with Crippen LogP contribution in [0.2, 0.25) is 0 Å². The number of esters is 1. The van der Waals surface area contributed by atoms with Crippen LogP contribution in [0, 0.1) is 0 Å². The van der Waals surface area contributed by atoms with E-state index in [1.54, 1.807) is 36.4 Å². The number of fused-ring (bicyclic) bond motifs is 1. The first-order chi connectivity index (χ1) is 13.5. The van der Waals surface area contributed by atoms with Crippen LogP contribution in [-0.4, -0.2) is 42.8 Å². The predicted molar refractivity (Wildman–Crippen MR) is 101 cm³/mol. The van der Waals surface area contributed by atoms with Crippen molar-refractivity contribution < 1.29 is 34.0 Å². The summed E-state index contributed by atoms with van der Waals surface area (Å²) in [6.45, 7) is -0.561. The van der Waals surface area contributed by atoms with E-state index in [0.29, 0.717) is 16.5 Å². The van der Waals surface area contributed by atoms with Crippen LogP contribution in [0.4, 0.5) is 0 Å². The lowest BCUT2D eigenvalue weighted by Gasteiger charge is -2.11. The van der Waals surface area contributed by atoms with Crippen molar-refractivity contribution in [3.63, 3.8) is 0 Å². The average molecular weight is 382 g/mol. The van der Waals surface area contributed by atoms with Crippen LogP contribution in [0.1, 0.15) is 20.7 Å². The molecular weight excluding hydrogens is 364 g/mol. The van der Waals surface area contributed by atoms with Crippen molar-refractivity contribution in [1.82, 2.24) is 0 Å². The highest BCUT2D eigenvalue weighted by molar-refractivity contribution is 6.05. The highest BCUT2D eigenvalue weighted by Gasteiger charge is 2.20. The smallest absolute Gasteiger partial charge is 0.342 e. The fourth-order valence-corrected chi connectivity index (χ4v) is 2.81. The minimum Gasteiger partial charge on any atom is -0.507 e. The number of ether oxygens (including phenoxy) is 3. The van der Waals surface area contributed by atoms with Crippen molar-refractivity contribution in [3.05, 3.63) is 59.7 Å². The zero-order valence-corrected chi connectivity index (χ0v) is 15.3. The Kier molecular flexibility index (Phi) is 5.35. The lowest BCUT2D eigenvalue weighted by atomic mass is 10.0. The Morgan fingerprint density at radius 3 is 2.29 bits per heavy atom. The molecule has 28 heavy (non-hydrogen) atoms. The van der Waals surface area contributed by atoms with Crippen LogP contribution in [0.25, 0.3) is 10.8 Å². The number of phenolic OH excluding ortho intramolecular Hbond substituents is 2. The molecule has 7 heteroatoms. The SMILES string of the molecule is COc1ccc(C(=O)COC(=O)c2cc(O)c3ccccc3c2O)c(OC)c1. The summed E-state index contributed by atoms with van der Waals surface area (Å²) in [5, 5.41) is 21.1. The van der Waals surface area contributed by atoms with Gasteiger partial charge in [-0.25, -0.2) is 4.79 Å². The van der Waals surface area contributed by atoms with Crippen LogP contribution in [0.3, 0.4) is 0 Å². The number of Topliss-reactive ketones (excluding diaryl/α,β-unsaturated/α-hetero) is 1. The summed E-state index contributed by atoms with van der Waals surface area (Å²) in [4.78, 5) is 24.8. The lowest BCUT2D eigenvalue weighted by Crippen LogP contribution is -2.15. The molecule has 0 aromatic heterocycles. The Morgan fingerprint density at radius 2 is 1.61 bits per heavy atom. The van der Waals surface area contributed by atoms with Gasteiger partial charge in [-0.05, 0) is 18.2 Å². The number of ketones is 1. The molecule has 0 heterocycles. The summed E-state index contributed by atoms with van der Waals surface area (Å²) in [6.07, 6.45) is 0. The van der Waals surface area contributed by atoms with E-state index in [-0.39, 0.29) is 28.4 Å². The van der Waals surface area contributed by atoms with E-state index in [9.17, 15) is 19.8 Å². The maximum Gasteiger partial charge on any atom is 0.342 e. The molecule has 0 aliphatic rings. The number of aromatic hydroxyl groups is 2. The van der Waals surface area contributed by atoms with Gasteiger partial charge < -0.3 is 24.4 Å². The van der Waals surface area contributed by atoms with Gasteiger partial charge in [-0.1, -0.05) is 24.3 Å². The summed E-state index contributed by atoms with van der Waals surface area (Å²) in [7, 11) is 2.90. The lowest BCUT2D eigenvalue weighted by molar-refractivity contribution is 0.0471. The second-order valence-electron chi connectivity index (χ2n) is 5.90. The first-order valence-electron chi connectivity index (χ1n) is 8.32. The summed E-state index contributed by atoms with van der Waals surface area (Å²) in [5.41, 5.74) is -0.00706. The van der Waals surface area contributed by atoms with Gasteiger partial charge in [-0.15, -0.1) is 0 Å². The maximum atomic E-state index is 12.4. The van der Waals surface area contributed by atoms with Crippen LogP contribution in [-0.2, 0) is 4.74 Å². The van der Waals surface area contributed by atoms with E-state index in [2.05, 4.69) is 0 Å². The third-order valence-electron chi connectivity index (χ3n) is 4.26. The van der Waals surface area contributed by atoms with Gasteiger partial charge in [0.15, 0.2) is 6.61 Å². The average Bonchev–Trinajstić information content (AvgIpc) is 2.73. The molecule has 0 atom stereocenters. The van der Waals surface area contributed by atoms with Crippen molar-refractivity contribution >= 4 is 22.5 Å². The number of hydrogen-bond acceptors (Lipinski definition) is 7. The van der Waals surface area contributed by atoms with E-state index < -0.39 is 18.4 Å². The van der Waals surface area contributed by atoms with Crippen LogP contribution in [0.15, 0.2) is 48.5 Å². The van der Waals surface area contributed by atoms with Gasteiger partial charge in [-0.2, -0.15) is 0 Å². The Bertz CT molecular complexity index is 1060. The fourth-order valence-electron chi connectivity index (χ4n) is 2.81. The second-order valence-corrected chi connectivity index (χ2v) is 5.90. The van der Waals surface area contributed by atoms with Gasteiger partial charge in [-0.3, -0.25) is 4.79 Å². The number of carbonyl (C=O) groups is 2. The summed E-state index contributed by atoms with van der Waals surface area (Å²) >= 11 is 0. The summed E-state index contributed by atoms with van der Waals surface area (Å²) < 4.78 is 15.3. The van der Waals surface area contributed by atoms with E-state index in [1.165, 1.54) is 20.3 Å². The molecule has 144 valence electrons. The van der Waals surface area contributed by atoms with Gasteiger partial charge in [0.1, 0.15) is 28.6 Å². The Morgan fingerprint density at radius 1 is 0.893 bits per heavy atom. The highest BCUT2D eigenvalue weighted by Crippen LogP contribution is 2.35. The molecule has 7 nitrogen and oxygen atoms in total. The minimum absolute atomic E-state index is 0.177. The highest BCUT2D eigenvalue weighted by atomic mass is 16.5. The van der Waals surface area contributed by atoms with Crippen molar-refractivity contribution in [2.24, 2.45) is 0 Å². The molecule has 2 N–H and O–H groups in total. The molecule has 0 fully saturated rings. The molecule has 0 unspecified atom stereocenters. The molecule has 0 aliphatic carbocycles. The van der Waals surface area contributed by atoms with E-state index in [0.717, 1.165) is 6.07 Å². The largest absolute Gasteiger partial charge is 0.507 e. The molecule has 3 rings (SSSR count). The Hall–Kier alpha value is -3.74. The monoisotopic (exact) mass is 382 g/mol. The quantitative estimate of drug-likeness (QED) is 0.383. The first kappa shape index (κ1) is 19.0. The molecule has 0 radical (unpaired) electrons. The van der Waals surface area contributed by atoms with Crippen LogP contribution in [0.5, 0.6) is 23.0 Å². The van der Waals surface area contributed by atoms with Crippen LogP contribution >= 0.6 is 0 Å². The van der Waals surface area contributed by atoms with Crippen LogP contribution < -0.4 is 9.47 Å². The minimum atomic E-state index is -0.931. The number of hydrogen-bond donors (Lipinski definition) is 2. The van der Waals surface area contributed by atoms with E-state index in [1.807, 2.05) is 0 Å². The number of carbonyl (C=O) groups excluding carboxylic acids is 2. The zero-order chi connectivity index (χ0) is 20.3. The van der Waals surface area contributed by atoms with Crippen molar-refractivity contribution in [2.45, 2.75) is 0 Å². The number of rotatable bonds is 6. The van der Waals surface area contributed by atoms with Crippen molar-refractivity contribution in [2.75, 3.05) is 20.8 Å². The van der Waals surface area contributed by atoms with Gasteiger partial charge in [0.2, 0.25) is 5.78 Å². The van der Waals surface area contributed by atoms with Gasteiger partial charge in [0.25, 0.3) is 0 Å². The fraction of sp³-hybridized carbons (Fsp3) is 0.143. The van der Waals surface area contributed by atoms with E-state index in [4.69, 9.17) is 14.2 Å². The molecule has 0 saturated heterocycles. The summed E-state index contributed by atoms with van der Waals surface area (Å²) in [5.74, 6) is -1.12. The molecule has 0 saturated carbocycles.